The Morgan fingerprint density at radius 3 is 2.78 bits per heavy atom. The second-order valence-electron chi connectivity index (χ2n) is 5.25. The van der Waals surface area contributed by atoms with Gasteiger partial charge in [0.15, 0.2) is 17.3 Å². The van der Waals surface area contributed by atoms with Gasteiger partial charge in [-0.05, 0) is 30.3 Å². The number of ketones is 1. The number of para-hydroxylation sites is 1. The van der Waals surface area contributed by atoms with E-state index in [9.17, 15) is 4.79 Å². The summed E-state index contributed by atoms with van der Waals surface area (Å²) in [4.78, 5) is 14.7. The number of hydrogen-bond acceptors (Lipinski definition) is 5. The van der Waals surface area contributed by atoms with E-state index in [-0.39, 0.29) is 12.6 Å². The Labute approximate surface area is 138 Å². The third-order valence-electron chi connectivity index (χ3n) is 3.81. The molecule has 0 amide bonds. The van der Waals surface area contributed by atoms with Gasteiger partial charge < -0.3 is 14.4 Å². The van der Waals surface area contributed by atoms with Crippen LogP contribution in [0.2, 0.25) is 0 Å². The van der Waals surface area contributed by atoms with Crippen molar-refractivity contribution in [1.29, 1.82) is 0 Å². The van der Waals surface area contributed by atoms with Crippen molar-refractivity contribution >= 4 is 23.2 Å². The molecule has 0 saturated carbocycles. The summed E-state index contributed by atoms with van der Waals surface area (Å²) in [5, 5.41) is 0.985. The number of carbonyl (C=O) groups excluding carboxylic acids is 1. The first kappa shape index (κ1) is 14.2. The molecule has 0 N–H and O–H groups in total. The van der Waals surface area contributed by atoms with Crippen molar-refractivity contribution in [3.8, 4) is 11.5 Å². The molecular formula is C18H15NO3S. The maximum Gasteiger partial charge on any atom is 0.231 e. The molecule has 2 aliphatic heterocycles. The molecule has 116 valence electrons. The van der Waals surface area contributed by atoms with Crippen molar-refractivity contribution in [2.24, 2.45) is 0 Å². The molecule has 0 aliphatic carbocycles. The van der Waals surface area contributed by atoms with Crippen LogP contribution in [0.25, 0.3) is 0 Å². The molecule has 0 atom stereocenters. The van der Waals surface area contributed by atoms with Gasteiger partial charge in [0.1, 0.15) is 0 Å². The molecule has 4 rings (SSSR count). The normalized spacial score (nSPS) is 17.7. The number of thioether (sulfide) groups is 1. The van der Waals surface area contributed by atoms with E-state index in [1.807, 2.05) is 18.2 Å². The predicted molar refractivity (Wildman–Crippen MR) is 91.2 cm³/mol. The van der Waals surface area contributed by atoms with Gasteiger partial charge in [-0.1, -0.05) is 18.2 Å². The first-order valence-corrected chi connectivity index (χ1v) is 8.41. The minimum absolute atomic E-state index is 0.0198. The van der Waals surface area contributed by atoms with Gasteiger partial charge in [-0.2, -0.15) is 0 Å². The van der Waals surface area contributed by atoms with Gasteiger partial charge >= 0.3 is 0 Å². The number of rotatable bonds is 3. The van der Waals surface area contributed by atoms with Crippen LogP contribution < -0.4 is 14.4 Å². The molecular weight excluding hydrogens is 310 g/mol. The summed E-state index contributed by atoms with van der Waals surface area (Å²) in [6, 6.07) is 15.4. The fraction of sp³-hybridized carbons (Fsp3) is 0.167. The van der Waals surface area contributed by atoms with Gasteiger partial charge in [0.2, 0.25) is 6.79 Å². The van der Waals surface area contributed by atoms with Crippen molar-refractivity contribution in [2.45, 2.75) is 0 Å². The third-order valence-corrected chi connectivity index (χ3v) is 4.83. The standard InChI is InChI=1S/C18H15NO3S/c20-15(13-6-7-16-17(10-13)22-12-21-16)11-18-19(8-9-23-18)14-4-2-1-3-5-14/h1-7,10-11H,8-9,12H2/b18-11-. The Balaban J connectivity index is 1.60. The largest absolute Gasteiger partial charge is 0.454 e. The van der Waals surface area contributed by atoms with Crippen LogP contribution in [0.3, 0.4) is 0 Å². The van der Waals surface area contributed by atoms with Crippen molar-refractivity contribution in [1.82, 2.24) is 0 Å². The number of ether oxygens (including phenoxy) is 2. The molecule has 2 heterocycles. The first-order valence-electron chi connectivity index (χ1n) is 7.42. The Bertz CT molecular complexity index is 773. The topological polar surface area (TPSA) is 38.8 Å². The predicted octanol–water partition coefficient (Wildman–Crippen LogP) is 3.69. The van der Waals surface area contributed by atoms with E-state index in [1.165, 1.54) is 0 Å². The zero-order chi connectivity index (χ0) is 15.6. The lowest BCUT2D eigenvalue weighted by atomic mass is 10.1. The van der Waals surface area contributed by atoms with E-state index in [0.29, 0.717) is 17.1 Å². The highest BCUT2D eigenvalue weighted by atomic mass is 32.2. The molecule has 23 heavy (non-hydrogen) atoms. The van der Waals surface area contributed by atoms with E-state index >= 15 is 0 Å². The number of anilines is 1. The molecule has 2 aromatic rings. The smallest absolute Gasteiger partial charge is 0.231 e. The molecule has 2 aromatic carbocycles. The number of allylic oxidation sites excluding steroid dienone is 1. The first-order chi connectivity index (χ1) is 11.3. The molecule has 4 nitrogen and oxygen atoms in total. The maximum atomic E-state index is 12.6. The number of fused-ring (bicyclic) bond motifs is 1. The molecule has 1 saturated heterocycles. The monoisotopic (exact) mass is 325 g/mol. The van der Waals surface area contributed by atoms with Crippen LogP contribution in [0.15, 0.2) is 59.6 Å². The summed E-state index contributed by atoms with van der Waals surface area (Å²) in [6.07, 6.45) is 1.71. The van der Waals surface area contributed by atoms with Crippen molar-refractivity contribution in [3.63, 3.8) is 0 Å². The van der Waals surface area contributed by atoms with Crippen LogP contribution >= 0.6 is 11.8 Å². The van der Waals surface area contributed by atoms with Gasteiger partial charge in [0.25, 0.3) is 0 Å². The Morgan fingerprint density at radius 2 is 1.91 bits per heavy atom. The second kappa shape index (κ2) is 6.01. The number of nitrogens with zero attached hydrogens (tertiary/aromatic N) is 1. The van der Waals surface area contributed by atoms with Crippen molar-refractivity contribution < 1.29 is 14.3 Å². The van der Waals surface area contributed by atoms with E-state index < -0.39 is 0 Å². The van der Waals surface area contributed by atoms with Crippen LogP contribution in [-0.4, -0.2) is 24.9 Å². The zero-order valence-corrected chi connectivity index (χ0v) is 13.2. The number of hydrogen-bond donors (Lipinski definition) is 0. The van der Waals surface area contributed by atoms with E-state index in [0.717, 1.165) is 23.0 Å². The van der Waals surface area contributed by atoms with Gasteiger partial charge in [0, 0.05) is 29.6 Å². The quantitative estimate of drug-likeness (QED) is 0.636. The number of benzene rings is 2. The van der Waals surface area contributed by atoms with Gasteiger partial charge in [-0.15, -0.1) is 11.8 Å². The van der Waals surface area contributed by atoms with Gasteiger partial charge in [-0.3, -0.25) is 4.79 Å². The highest BCUT2D eigenvalue weighted by molar-refractivity contribution is 8.03. The minimum atomic E-state index is -0.0198. The zero-order valence-electron chi connectivity index (χ0n) is 12.4. The van der Waals surface area contributed by atoms with Crippen LogP contribution in [0, 0.1) is 0 Å². The molecule has 0 unspecified atom stereocenters. The van der Waals surface area contributed by atoms with E-state index in [1.54, 1.807) is 36.0 Å². The van der Waals surface area contributed by atoms with Crippen molar-refractivity contribution in [2.75, 3.05) is 24.0 Å². The summed E-state index contributed by atoms with van der Waals surface area (Å²) < 4.78 is 10.6. The lowest BCUT2D eigenvalue weighted by Gasteiger charge is -2.18. The van der Waals surface area contributed by atoms with Crippen LogP contribution in [0.4, 0.5) is 5.69 Å². The molecule has 2 aliphatic rings. The van der Waals surface area contributed by atoms with Gasteiger partial charge in [-0.25, -0.2) is 0 Å². The molecule has 1 fully saturated rings. The third kappa shape index (κ3) is 2.80. The van der Waals surface area contributed by atoms with Crippen LogP contribution in [0.5, 0.6) is 11.5 Å². The SMILES string of the molecule is O=C(/C=C1\SCCN1c1ccccc1)c1ccc2c(c1)OCO2. The fourth-order valence-corrected chi connectivity index (χ4v) is 3.68. The Kier molecular flexibility index (Phi) is 3.71. The maximum absolute atomic E-state index is 12.6. The summed E-state index contributed by atoms with van der Waals surface area (Å²) >= 11 is 1.70. The molecule has 0 bridgehead atoms. The molecule has 5 heteroatoms. The molecule has 0 aromatic heterocycles. The highest BCUT2D eigenvalue weighted by Crippen LogP contribution is 2.35. The fourth-order valence-electron chi connectivity index (χ4n) is 2.66. The summed E-state index contributed by atoms with van der Waals surface area (Å²) in [5.41, 5.74) is 1.73. The Morgan fingerprint density at radius 1 is 1.09 bits per heavy atom. The summed E-state index contributed by atoms with van der Waals surface area (Å²) in [7, 11) is 0. The second-order valence-corrected chi connectivity index (χ2v) is 6.37. The molecule has 0 radical (unpaired) electrons. The Hall–Kier alpha value is -2.40. The van der Waals surface area contributed by atoms with Crippen molar-refractivity contribution in [3.05, 3.63) is 65.2 Å². The average molecular weight is 325 g/mol. The summed E-state index contributed by atoms with van der Waals surface area (Å²) in [6.45, 7) is 1.13. The summed E-state index contributed by atoms with van der Waals surface area (Å²) in [5.74, 6) is 2.28. The van der Waals surface area contributed by atoms with Gasteiger partial charge in [0.05, 0.1) is 5.03 Å². The lowest BCUT2D eigenvalue weighted by Crippen LogP contribution is -2.17. The highest BCUT2D eigenvalue weighted by Gasteiger charge is 2.21. The van der Waals surface area contributed by atoms with E-state index in [2.05, 4.69) is 17.0 Å². The molecule has 0 spiro atoms. The minimum Gasteiger partial charge on any atom is -0.454 e. The lowest BCUT2D eigenvalue weighted by molar-refractivity contribution is 0.104. The average Bonchev–Trinajstić information content (AvgIpc) is 3.23. The number of carbonyl (C=O) groups is 1. The van der Waals surface area contributed by atoms with Crippen LogP contribution in [-0.2, 0) is 0 Å². The van der Waals surface area contributed by atoms with Crippen LogP contribution in [0.1, 0.15) is 10.4 Å². The van der Waals surface area contributed by atoms with E-state index in [4.69, 9.17) is 9.47 Å².